The molecule has 0 atom stereocenters. The van der Waals surface area contributed by atoms with E-state index >= 15 is 0 Å². The van der Waals surface area contributed by atoms with E-state index in [0.29, 0.717) is 6.54 Å². The molecule has 1 nitrogen and oxygen atoms in total. The lowest BCUT2D eigenvalue weighted by atomic mass is 9.83. The molecule has 0 radical (unpaired) electrons. The minimum atomic E-state index is -4.07. The monoisotopic (exact) mass is 227 g/mol. The van der Waals surface area contributed by atoms with Crippen LogP contribution in [0.25, 0.3) is 0 Å². The molecule has 1 fully saturated rings. The van der Waals surface area contributed by atoms with Crippen molar-refractivity contribution < 1.29 is 13.2 Å². The summed E-state index contributed by atoms with van der Waals surface area (Å²) in [5.74, 6) is 0.950. The minimum Gasteiger partial charge on any atom is -0.316 e. The van der Waals surface area contributed by atoms with E-state index in [2.05, 4.69) is 5.32 Å². The predicted octanol–water partition coefficient (Wildman–Crippen LogP) is 3.02. The molecule has 0 aromatic rings. The van der Waals surface area contributed by atoms with Gasteiger partial charge in [-0.1, -0.05) is 19.3 Å². The van der Waals surface area contributed by atoms with Crippen LogP contribution in [0.5, 0.6) is 0 Å². The first-order chi connectivity index (χ1) is 6.58. The first kappa shape index (κ1) is 12.2. The Morgan fingerprint density at radius 1 is 1.21 bits per heavy atom. The van der Waals surface area contributed by atoms with Gasteiger partial charge < -0.3 is 5.32 Å². The van der Waals surface area contributed by atoms with E-state index < -0.39 is 5.51 Å². The van der Waals surface area contributed by atoms with Crippen LogP contribution in [-0.2, 0) is 0 Å². The largest absolute Gasteiger partial charge is 0.441 e. The summed E-state index contributed by atoms with van der Waals surface area (Å²) in [6.07, 6.45) is 5.06. The molecule has 0 spiro atoms. The number of thioether (sulfide) groups is 1. The van der Waals surface area contributed by atoms with Gasteiger partial charge in [0, 0.05) is 12.3 Å². The number of hydrogen-bond donors (Lipinski definition) is 1. The average molecular weight is 227 g/mol. The summed E-state index contributed by atoms with van der Waals surface area (Å²) in [6.45, 7) is 1.32. The zero-order valence-electron chi connectivity index (χ0n) is 8.07. The summed E-state index contributed by atoms with van der Waals surface area (Å²) in [5, 5.41) is 3.04. The Hall–Kier alpha value is 0.1000. The van der Waals surface area contributed by atoms with E-state index in [-0.39, 0.29) is 17.5 Å². The number of nitrogens with one attached hydrogen (secondary N) is 1. The first-order valence-corrected chi connectivity index (χ1v) is 5.98. The third-order valence-corrected chi connectivity index (χ3v) is 3.23. The van der Waals surface area contributed by atoms with E-state index in [0.717, 1.165) is 18.9 Å². The van der Waals surface area contributed by atoms with Crippen molar-refractivity contribution in [2.75, 3.05) is 18.8 Å². The van der Waals surface area contributed by atoms with Crippen LogP contribution in [0.2, 0.25) is 0 Å². The van der Waals surface area contributed by atoms with E-state index in [1.165, 1.54) is 19.3 Å². The Balaban J connectivity index is 1.80. The summed E-state index contributed by atoms with van der Waals surface area (Å²) in [7, 11) is 0. The molecule has 0 aliphatic heterocycles. The summed E-state index contributed by atoms with van der Waals surface area (Å²) < 4.78 is 35.1. The fraction of sp³-hybridized carbons (Fsp3) is 1.00. The lowest BCUT2D eigenvalue weighted by Gasteiger charge is -2.25. The van der Waals surface area contributed by atoms with Gasteiger partial charge >= 0.3 is 5.51 Å². The molecule has 0 aromatic carbocycles. The zero-order valence-corrected chi connectivity index (χ0v) is 8.89. The van der Waals surface area contributed by atoms with Gasteiger partial charge in [-0.25, -0.2) is 0 Å². The van der Waals surface area contributed by atoms with Crippen molar-refractivity contribution in [2.45, 2.75) is 31.2 Å². The first-order valence-electron chi connectivity index (χ1n) is 4.99. The molecule has 0 aromatic heterocycles. The lowest BCUT2D eigenvalue weighted by molar-refractivity contribution is -0.0327. The molecule has 0 amide bonds. The van der Waals surface area contributed by atoms with Crippen molar-refractivity contribution in [3.63, 3.8) is 0 Å². The summed E-state index contributed by atoms with van der Waals surface area (Å²) >= 11 is 0.0496. The third-order valence-electron chi connectivity index (χ3n) is 2.50. The maximum absolute atomic E-state index is 11.7. The second kappa shape index (κ2) is 5.85. The standard InChI is InChI=1S/C9H16F3NS/c10-9(11,12)14-7-6-13-5-4-8-2-1-3-8/h8,13H,1-7H2. The highest BCUT2D eigenvalue weighted by Gasteiger charge is 2.27. The molecular formula is C9H16F3NS. The van der Waals surface area contributed by atoms with Crippen LogP contribution in [0, 0.1) is 5.92 Å². The lowest BCUT2D eigenvalue weighted by Crippen LogP contribution is -2.24. The second-order valence-electron chi connectivity index (χ2n) is 3.63. The van der Waals surface area contributed by atoms with Crippen molar-refractivity contribution in [1.29, 1.82) is 0 Å². The Labute approximate surface area is 86.8 Å². The molecule has 0 saturated heterocycles. The SMILES string of the molecule is FC(F)(F)SCCNCCC1CCC1. The van der Waals surface area contributed by atoms with Crippen molar-refractivity contribution in [3.8, 4) is 0 Å². The quantitative estimate of drug-likeness (QED) is 0.700. The molecule has 5 heteroatoms. The van der Waals surface area contributed by atoms with Gasteiger partial charge in [-0.3, -0.25) is 0 Å². The zero-order chi connectivity index (χ0) is 10.4. The summed E-state index contributed by atoms with van der Waals surface area (Å²) in [5.41, 5.74) is -4.07. The van der Waals surface area contributed by atoms with Crippen LogP contribution in [0.3, 0.4) is 0 Å². The fourth-order valence-electron chi connectivity index (χ4n) is 1.45. The Bertz CT molecular complexity index is 157. The van der Waals surface area contributed by atoms with E-state index in [1.807, 2.05) is 0 Å². The highest BCUT2D eigenvalue weighted by Crippen LogP contribution is 2.30. The molecule has 0 unspecified atom stereocenters. The predicted molar refractivity (Wildman–Crippen MR) is 53.3 cm³/mol. The van der Waals surface area contributed by atoms with Crippen LogP contribution in [0.15, 0.2) is 0 Å². The van der Waals surface area contributed by atoms with Crippen LogP contribution in [0.4, 0.5) is 13.2 Å². The van der Waals surface area contributed by atoms with Gasteiger partial charge in [0.05, 0.1) is 0 Å². The Kier molecular flexibility index (Phi) is 5.09. The van der Waals surface area contributed by atoms with Gasteiger partial charge in [-0.2, -0.15) is 13.2 Å². The summed E-state index contributed by atoms with van der Waals surface area (Å²) in [6, 6.07) is 0. The highest BCUT2D eigenvalue weighted by molar-refractivity contribution is 8.00. The fourth-order valence-corrected chi connectivity index (χ4v) is 1.93. The molecule has 1 aliphatic rings. The Morgan fingerprint density at radius 2 is 1.93 bits per heavy atom. The van der Waals surface area contributed by atoms with Gasteiger partial charge in [0.25, 0.3) is 0 Å². The van der Waals surface area contributed by atoms with Crippen LogP contribution >= 0.6 is 11.8 Å². The van der Waals surface area contributed by atoms with Gasteiger partial charge in [-0.15, -0.1) is 0 Å². The minimum absolute atomic E-state index is 0.0496. The molecule has 1 N–H and O–H groups in total. The summed E-state index contributed by atoms with van der Waals surface area (Å²) in [4.78, 5) is 0. The third kappa shape index (κ3) is 5.75. The normalized spacial score (nSPS) is 18.2. The Morgan fingerprint density at radius 3 is 2.43 bits per heavy atom. The number of alkyl halides is 3. The van der Waals surface area contributed by atoms with Crippen molar-refractivity contribution >= 4 is 11.8 Å². The van der Waals surface area contributed by atoms with Crippen LogP contribution < -0.4 is 5.32 Å². The number of hydrogen-bond acceptors (Lipinski definition) is 2. The van der Waals surface area contributed by atoms with Gasteiger partial charge in [0.2, 0.25) is 0 Å². The van der Waals surface area contributed by atoms with E-state index in [9.17, 15) is 13.2 Å². The van der Waals surface area contributed by atoms with Crippen LogP contribution in [0.1, 0.15) is 25.7 Å². The topological polar surface area (TPSA) is 12.0 Å². The average Bonchev–Trinajstić information content (AvgIpc) is 1.97. The molecular weight excluding hydrogens is 211 g/mol. The molecule has 1 rings (SSSR count). The van der Waals surface area contributed by atoms with Crippen molar-refractivity contribution in [2.24, 2.45) is 5.92 Å². The van der Waals surface area contributed by atoms with Crippen molar-refractivity contribution in [3.05, 3.63) is 0 Å². The van der Waals surface area contributed by atoms with Gasteiger partial charge in [0.1, 0.15) is 0 Å². The number of rotatable bonds is 6. The van der Waals surface area contributed by atoms with E-state index in [4.69, 9.17) is 0 Å². The maximum Gasteiger partial charge on any atom is 0.441 e. The molecule has 0 heterocycles. The van der Waals surface area contributed by atoms with Gasteiger partial charge in [-0.05, 0) is 30.6 Å². The smallest absolute Gasteiger partial charge is 0.316 e. The van der Waals surface area contributed by atoms with Gasteiger partial charge in [0.15, 0.2) is 0 Å². The molecule has 0 bridgehead atoms. The molecule has 14 heavy (non-hydrogen) atoms. The van der Waals surface area contributed by atoms with Crippen molar-refractivity contribution in [1.82, 2.24) is 5.32 Å². The number of halogens is 3. The van der Waals surface area contributed by atoms with E-state index in [1.54, 1.807) is 0 Å². The second-order valence-corrected chi connectivity index (χ2v) is 4.79. The highest BCUT2D eigenvalue weighted by atomic mass is 32.2. The maximum atomic E-state index is 11.7. The molecule has 84 valence electrons. The molecule has 1 aliphatic carbocycles. The van der Waals surface area contributed by atoms with Crippen LogP contribution in [-0.4, -0.2) is 24.4 Å². The molecule has 1 saturated carbocycles.